The first-order valence-electron chi connectivity index (χ1n) is 8.16. The topological polar surface area (TPSA) is 60.4 Å². The number of hydrogen-bond acceptors (Lipinski definition) is 6. The van der Waals surface area contributed by atoms with Gasteiger partial charge in [0, 0.05) is 23.9 Å². The summed E-state index contributed by atoms with van der Waals surface area (Å²) < 4.78 is 16.6. The Kier molecular flexibility index (Phi) is 4.32. The lowest BCUT2D eigenvalue weighted by Crippen LogP contribution is -2.31. The number of allylic oxidation sites excluding steroid dienone is 1. The Morgan fingerprint density at radius 2 is 2.19 bits per heavy atom. The highest BCUT2D eigenvalue weighted by Crippen LogP contribution is 2.40. The minimum absolute atomic E-state index is 0.378. The predicted molar refractivity (Wildman–Crippen MR) is 100 cm³/mol. The molecule has 134 valence electrons. The van der Waals surface area contributed by atoms with Crippen molar-refractivity contribution in [3.8, 4) is 5.75 Å². The number of halogens is 1. The van der Waals surface area contributed by atoms with Crippen LogP contribution in [0.5, 0.6) is 5.75 Å². The number of carbonyl (C=O) groups excluding carboxylic acids is 1. The highest BCUT2D eigenvalue weighted by Gasteiger charge is 2.34. The molecule has 1 aromatic carbocycles. The fourth-order valence-corrected chi connectivity index (χ4v) is 3.84. The number of esters is 1. The minimum atomic E-state index is -0.439. The van der Waals surface area contributed by atoms with Crippen LogP contribution in [0.1, 0.15) is 22.3 Å². The number of aliphatic imine (C=N–C) groups is 1. The molecule has 0 amide bonds. The van der Waals surface area contributed by atoms with Gasteiger partial charge < -0.3 is 19.1 Å². The number of benzene rings is 1. The van der Waals surface area contributed by atoms with Gasteiger partial charge in [-0.2, -0.15) is 0 Å². The lowest BCUT2D eigenvalue weighted by molar-refractivity contribution is 0.0597. The Balaban J connectivity index is 1.81. The first kappa shape index (κ1) is 16.9. The fraction of sp³-hybridized carbons (Fsp3) is 0.263. The van der Waals surface area contributed by atoms with Gasteiger partial charge in [-0.05, 0) is 46.1 Å². The van der Waals surface area contributed by atoms with Gasteiger partial charge in [-0.3, -0.25) is 0 Å². The molecule has 0 spiro atoms. The van der Waals surface area contributed by atoms with Crippen molar-refractivity contribution in [1.82, 2.24) is 4.90 Å². The van der Waals surface area contributed by atoms with Crippen LogP contribution in [0.4, 0.5) is 0 Å². The summed E-state index contributed by atoms with van der Waals surface area (Å²) >= 11 is 3.56. The summed E-state index contributed by atoms with van der Waals surface area (Å²) in [5.74, 6) is 0.836. The molecule has 0 saturated heterocycles. The van der Waals surface area contributed by atoms with E-state index in [-0.39, 0.29) is 0 Å². The molecular formula is C19H17BrN2O4. The van der Waals surface area contributed by atoms with E-state index in [0.717, 1.165) is 40.1 Å². The smallest absolute Gasteiger partial charge is 0.341 e. The molecule has 0 fully saturated rings. The zero-order chi connectivity index (χ0) is 18.3. The van der Waals surface area contributed by atoms with Crippen molar-refractivity contribution < 1.29 is 19.0 Å². The third-order valence-electron chi connectivity index (χ3n) is 4.63. The Bertz CT molecular complexity index is 914. The third kappa shape index (κ3) is 2.63. The average molecular weight is 417 g/mol. The van der Waals surface area contributed by atoms with Crippen LogP contribution < -0.4 is 4.74 Å². The van der Waals surface area contributed by atoms with E-state index in [1.165, 1.54) is 19.8 Å². The van der Waals surface area contributed by atoms with Crippen LogP contribution >= 0.6 is 15.9 Å². The number of ether oxygens (including phenoxy) is 3. The molecule has 4 rings (SSSR count). The zero-order valence-electron chi connectivity index (χ0n) is 14.4. The lowest BCUT2D eigenvalue weighted by Gasteiger charge is -2.28. The van der Waals surface area contributed by atoms with E-state index >= 15 is 0 Å². The average Bonchev–Trinajstić information content (AvgIpc) is 3.02. The van der Waals surface area contributed by atoms with Crippen molar-refractivity contribution in [3.05, 3.63) is 63.1 Å². The Hall–Kier alpha value is -2.54. The molecule has 0 aliphatic carbocycles. The highest BCUT2D eigenvalue weighted by atomic mass is 79.9. The van der Waals surface area contributed by atoms with Crippen molar-refractivity contribution in [2.75, 3.05) is 27.4 Å². The standard InChI is InChI=1S/C19H17BrN2O4/c1-24-16-4-3-11(7-13(16)19(23)25-2)18-21-8-14-15(20)10-26-9-12-5-6-22(18)17(12)14/h3-4,7-8,10H,5-6,9H2,1-2H3. The van der Waals surface area contributed by atoms with E-state index in [9.17, 15) is 4.79 Å². The SMILES string of the molecule is COC(=O)c1cc(C2=NC=C3C(Br)=COCC4=C3N2CC4)ccc1OC. The lowest BCUT2D eigenvalue weighted by atomic mass is 10.0. The summed E-state index contributed by atoms with van der Waals surface area (Å²) in [6, 6.07) is 5.43. The number of amidine groups is 1. The second-order valence-corrected chi connectivity index (χ2v) is 6.89. The van der Waals surface area contributed by atoms with E-state index < -0.39 is 5.97 Å². The molecule has 3 heterocycles. The first-order valence-corrected chi connectivity index (χ1v) is 8.95. The van der Waals surface area contributed by atoms with Gasteiger partial charge in [-0.15, -0.1) is 0 Å². The van der Waals surface area contributed by atoms with E-state index in [4.69, 9.17) is 14.2 Å². The monoisotopic (exact) mass is 416 g/mol. The molecule has 6 nitrogen and oxygen atoms in total. The molecule has 0 atom stereocenters. The van der Waals surface area contributed by atoms with Crippen LogP contribution in [0.25, 0.3) is 0 Å². The van der Waals surface area contributed by atoms with Gasteiger partial charge in [0.25, 0.3) is 0 Å². The molecule has 0 saturated carbocycles. The van der Waals surface area contributed by atoms with Gasteiger partial charge in [-0.25, -0.2) is 9.79 Å². The molecule has 0 aromatic heterocycles. The number of hydrogen-bond donors (Lipinski definition) is 0. The second kappa shape index (κ2) is 6.64. The maximum atomic E-state index is 12.1. The second-order valence-electron chi connectivity index (χ2n) is 6.03. The van der Waals surface area contributed by atoms with Gasteiger partial charge >= 0.3 is 5.97 Å². The van der Waals surface area contributed by atoms with E-state index in [2.05, 4.69) is 25.8 Å². The molecule has 0 bridgehead atoms. The number of carbonyl (C=O) groups is 1. The Labute approximate surface area is 159 Å². The third-order valence-corrected chi connectivity index (χ3v) is 5.25. The first-order chi connectivity index (χ1) is 12.6. The van der Waals surface area contributed by atoms with Gasteiger partial charge in [0.1, 0.15) is 23.8 Å². The molecule has 0 unspecified atom stereocenters. The molecule has 26 heavy (non-hydrogen) atoms. The summed E-state index contributed by atoms with van der Waals surface area (Å²) in [6.45, 7) is 1.39. The maximum Gasteiger partial charge on any atom is 0.341 e. The van der Waals surface area contributed by atoms with Crippen molar-refractivity contribution in [1.29, 1.82) is 0 Å². The van der Waals surface area contributed by atoms with Crippen LogP contribution in [0.2, 0.25) is 0 Å². The molecule has 0 N–H and O–H groups in total. The molecule has 3 aliphatic rings. The van der Waals surface area contributed by atoms with Crippen LogP contribution in [0, 0.1) is 0 Å². The predicted octanol–water partition coefficient (Wildman–Crippen LogP) is 3.35. The zero-order valence-corrected chi connectivity index (χ0v) is 16.0. The van der Waals surface area contributed by atoms with Crippen molar-refractivity contribution >= 4 is 27.7 Å². The number of methoxy groups -OCH3 is 2. The summed E-state index contributed by atoms with van der Waals surface area (Å²) in [7, 11) is 2.88. The van der Waals surface area contributed by atoms with Crippen molar-refractivity contribution in [3.63, 3.8) is 0 Å². The fourth-order valence-electron chi connectivity index (χ4n) is 3.41. The molecule has 3 aliphatic heterocycles. The van der Waals surface area contributed by atoms with Crippen molar-refractivity contribution in [2.45, 2.75) is 6.42 Å². The minimum Gasteiger partial charge on any atom is -0.496 e. The van der Waals surface area contributed by atoms with Gasteiger partial charge in [-0.1, -0.05) is 0 Å². The summed E-state index contributed by atoms with van der Waals surface area (Å²) in [5, 5.41) is 0. The molecule has 7 heteroatoms. The Morgan fingerprint density at radius 3 is 2.96 bits per heavy atom. The summed E-state index contributed by atoms with van der Waals surface area (Å²) in [4.78, 5) is 18.9. The summed E-state index contributed by atoms with van der Waals surface area (Å²) in [6.07, 6.45) is 4.47. The Morgan fingerprint density at radius 1 is 1.35 bits per heavy atom. The molecule has 0 radical (unpaired) electrons. The maximum absolute atomic E-state index is 12.1. The van der Waals surface area contributed by atoms with Crippen LogP contribution in [0.3, 0.4) is 0 Å². The van der Waals surface area contributed by atoms with E-state index in [1.807, 2.05) is 12.3 Å². The van der Waals surface area contributed by atoms with E-state index in [1.54, 1.807) is 18.4 Å². The highest BCUT2D eigenvalue weighted by molar-refractivity contribution is 9.12. The van der Waals surface area contributed by atoms with E-state index in [0.29, 0.717) is 17.9 Å². The quantitative estimate of drug-likeness (QED) is 0.707. The van der Waals surface area contributed by atoms with Crippen LogP contribution in [0.15, 0.2) is 57.0 Å². The normalized spacial score (nSPS) is 18.3. The van der Waals surface area contributed by atoms with Crippen molar-refractivity contribution in [2.24, 2.45) is 4.99 Å². The molecular weight excluding hydrogens is 400 g/mol. The van der Waals surface area contributed by atoms with Crippen LogP contribution in [-0.4, -0.2) is 44.1 Å². The number of nitrogens with zero attached hydrogens (tertiary/aromatic N) is 2. The largest absolute Gasteiger partial charge is 0.496 e. The molecule has 1 aromatic rings. The van der Waals surface area contributed by atoms with Gasteiger partial charge in [0.05, 0.1) is 30.7 Å². The van der Waals surface area contributed by atoms with Gasteiger partial charge in [0.2, 0.25) is 0 Å². The number of rotatable bonds is 3. The summed E-state index contributed by atoms with van der Waals surface area (Å²) in [5.41, 5.74) is 4.60. The van der Waals surface area contributed by atoms with Gasteiger partial charge in [0.15, 0.2) is 0 Å². The van der Waals surface area contributed by atoms with Crippen LogP contribution in [-0.2, 0) is 9.47 Å².